The summed E-state index contributed by atoms with van der Waals surface area (Å²) in [6.45, 7) is 2.37. The third kappa shape index (κ3) is 3.73. The molecule has 0 radical (unpaired) electrons. The first-order valence-electron chi connectivity index (χ1n) is 6.72. The van der Waals surface area contributed by atoms with Gasteiger partial charge in [-0.25, -0.2) is 9.78 Å². The molecule has 0 spiro atoms. The van der Waals surface area contributed by atoms with E-state index in [2.05, 4.69) is 10.3 Å². The molecular weight excluding hydrogens is 282 g/mol. The van der Waals surface area contributed by atoms with Gasteiger partial charge >= 0.3 is 5.97 Å². The normalized spacial score (nSPS) is 11.3. The maximum Gasteiger partial charge on any atom is 0.330 e. The lowest BCUT2D eigenvalue weighted by Crippen LogP contribution is -2.20. The Kier molecular flexibility index (Phi) is 4.94. The number of nitriles is 1. The molecule has 0 fully saturated rings. The van der Waals surface area contributed by atoms with Gasteiger partial charge in [-0.2, -0.15) is 5.26 Å². The number of aromatic nitrogens is 1. The Balaban J connectivity index is 2.24. The van der Waals surface area contributed by atoms with E-state index in [1.165, 1.54) is 12.3 Å². The van der Waals surface area contributed by atoms with Gasteiger partial charge in [0.25, 0.3) is 0 Å². The van der Waals surface area contributed by atoms with Crippen molar-refractivity contribution in [3.05, 3.63) is 53.9 Å². The zero-order valence-electron chi connectivity index (χ0n) is 12.0. The minimum absolute atomic E-state index is 0.274. The maximum atomic E-state index is 11.5. The predicted molar refractivity (Wildman–Crippen MR) is 80.6 cm³/mol. The summed E-state index contributed by atoms with van der Waals surface area (Å²) < 4.78 is 5.39. The highest BCUT2D eigenvalue weighted by Gasteiger charge is 2.20. The smallest absolute Gasteiger partial charge is 0.330 e. The van der Waals surface area contributed by atoms with Crippen LogP contribution >= 0.6 is 0 Å². The third-order valence-corrected chi connectivity index (χ3v) is 2.94. The van der Waals surface area contributed by atoms with Crippen molar-refractivity contribution >= 4 is 11.7 Å². The number of carbonyl (C=O) groups is 1. The second kappa shape index (κ2) is 7.09. The van der Waals surface area contributed by atoms with Crippen LogP contribution in [0.4, 0.5) is 5.69 Å². The molecule has 0 saturated heterocycles. The number of nitrogens with one attached hydrogen (secondary N) is 1. The van der Waals surface area contributed by atoms with Crippen molar-refractivity contribution in [3.8, 4) is 11.8 Å². The van der Waals surface area contributed by atoms with Gasteiger partial charge in [0, 0.05) is 0 Å². The van der Waals surface area contributed by atoms with Crippen LogP contribution in [0.5, 0.6) is 5.75 Å². The van der Waals surface area contributed by atoms with Crippen LogP contribution in [0, 0.1) is 11.3 Å². The molecule has 1 aromatic carbocycles. The van der Waals surface area contributed by atoms with Gasteiger partial charge in [0.05, 0.1) is 18.5 Å². The fourth-order valence-corrected chi connectivity index (χ4v) is 1.95. The fourth-order valence-electron chi connectivity index (χ4n) is 1.95. The van der Waals surface area contributed by atoms with Crippen LogP contribution < -0.4 is 10.1 Å². The van der Waals surface area contributed by atoms with Crippen LogP contribution in [-0.4, -0.2) is 22.7 Å². The predicted octanol–water partition coefficient (Wildman–Crippen LogP) is 2.59. The fraction of sp³-hybridized carbons (Fsp3) is 0.188. The number of aliphatic carboxylic acids is 1. The summed E-state index contributed by atoms with van der Waals surface area (Å²) in [5.41, 5.74) is 1.37. The van der Waals surface area contributed by atoms with E-state index in [-0.39, 0.29) is 5.69 Å². The number of anilines is 1. The van der Waals surface area contributed by atoms with Gasteiger partial charge in [0.15, 0.2) is 6.04 Å². The summed E-state index contributed by atoms with van der Waals surface area (Å²) in [6, 6.07) is 11.0. The molecule has 2 rings (SSSR count). The molecule has 0 aliphatic rings. The van der Waals surface area contributed by atoms with Crippen LogP contribution in [0.15, 0.2) is 42.6 Å². The summed E-state index contributed by atoms with van der Waals surface area (Å²) >= 11 is 0. The van der Waals surface area contributed by atoms with Crippen molar-refractivity contribution in [3.63, 3.8) is 0 Å². The number of ether oxygens (including phenoxy) is 1. The van der Waals surface area contributed by atoms with Crippen LogP contribution in [0.2, 0.25) is 0 Å². The number of hydrogen-bond donors (Lipinski definition) is 2. The van der Waals surface area contributed by atoms with Gasteiger partial charge < -0.3 is 15.2 Å². The first-order chi connectivity index (χ1) is 10.6. The van der Waals surface area contributed by atoms with Gasteiger partial charge in [-0.3, -0.25) is 0 Å². The molecule has 0 saturated carbocycles. The number of carboxylic acids is 1. The first kappa shape index (κ1) is 15.3. The Hall–Kier alpha value is -3.07. The molecule has 1 heterocycles. The quantitative estimate of drug-likeness (QED) is 0.851. The monoisotopic (exact) mass is 297 g/mol. The van der Waals surface area contributed by atoms with E-state index in [0.29, 0.717) is 23.6 Å². The molecule has 6 nitrogen and oxygen atoms in total. The topological polar surface area (TPSA) is 95.2 Å². The Bertz CT molecular complexity index is 693. The summed E-state index contributed by atoms with van der Waals surface area (Å²) in [4.78, 5) is 15.4. The van der Waals surface area contributed by atoms with Gasteiger partial charge in [-0.1, -0.05) is 12.1 Å². The Morgan fingerprint density at radius 1 is 1.45 bits per heavy atom. The van der Waals surface area contributed by atoms with Crippen molar-refractivity contribution in [2.24, 2.45) is 0 Å². The Labute approximate surface area is 128 Å². The number of pyridine rings is 1. The highest BCUT2D eigenvalue weighted by Crippen LogP contribution is 2.23. The van der Waals surface area contributed by atoms with Gasteiger partial charge in [0.1, 0.15) is 17.5 Å². The highest BCUT2D eigenvalue weighted by atomic mass is 16.5. The number of carboxylic acid groups (broad SMARTS) is 1. The zero-order valence-corrected chi connectivity index (χ0v) is 12.0. The average Bonchev–Trinajstić information content (AvgIpc) is 2.53. The highest BCUT2D eigenvalue weighted by molar-refractivity contribution is 5.79. The SMILES string of the molecule is CCOc1cccc(C(Nc2ccc(C#N)nc2)C(=O)O)c1. The van der Waals surface area contributed by atoms with Crippen LogP contribution in [0.3, 0.4) is 0 Å². The van der Waals surface area contributed by atoms with E-state index in [4.69, 9.17) is 10.00 Å². The zero-order chi connectivity index (χ0) is 15.9. The van der Waals surface area contributed by atoms with E-state index in [1.807, 2.05) is 13.0 Å². The molecule has 1 aromatic heterocycles. The Morgan fingerprint density at radius 3 is 2.86 bits per heavy atom. The second-order valence-electron chi connectivity index (χ2n) is 4.47. The molecule has 22 heavy (non-hydrogen) atoms. The molecule has 2 N–H and O–H groups in total. The largest absolute Gasteiger partial charge is 0.494 e. The summed E-state index contributed by atoms with van der Waals surface area (Å²) in [6.07, 6.45) is 1.43. The molecule has 0 aliphatic carbocycles. The van der Waals surface area contributed by atoms with Crippen molar-refractivity contribution in [1.82, 2.24) is 4.98 Å². The number of hydrogen-bond acceptors (Lipinski definition) is 5. The van der Waals surface area contributed by atoms with Gasteiger partial charge in [0.2, 0.25) is 0 Å². The lowest BCUT2D eigenvalue weighted by Gasteiger charge is -2.16. The molecular formula is C16H15N3O3. The van der Waals surface area contributed by atoms with E-state index >= 15 is 0 Å². The lowest BCUT2D eigenvalue weighted by molar-refractivity contribution is -0.138. The maximum absolute atomic E-state index is 11.5. The average molecular weight is 297 g/mol. The summed E-state index contributed by atoms with van der Waals surface area (Å²) in [5, 5.41) is 21.0. The molecule has 112 valence electrons. The standard InChI is InChI=1S/C16H15N3O3/c1-2-22-14-5-3-4-11(8-14)15(16(20)21)19-13-7-6-12(9-17)18-10-13/h3-8,10,15,19H,2H2,1H3,(H,20,21). The first-order valence-corrected chi connectivity index (χ1v) is 6.72. The van der Waals surface area contributed by atoms with Crippen molar-refractivity contribution < 1.29 is 14.6 Å². The van der Waals surface area contributed by atoms with Gasteiger partial charge in [-0.05, 0) is 36.8 Å². The molecule has 0 aliphatic heterocycles. The Morgan fingerprint density at radius 2 is 2.27 bits per heavy atom. The van der Waals surface area contributed by atoms with Crippen molar-refractivity contribution in [2.75, 3.05) is 11.9 Å². The van der Waals surface area contributed by atoms with E-state index in [0.717, 1.165) is 0 Å². The van der Waals surface area contributed by atoms with Crippen LogP contribution in [-0.2, 0) is 4.79 Å². The molecule has 1 atom stereocenters. The van der Waals surface area contributed by atoms with Gasteiger partial charge in [-0.15, -0.1) is 0 Å². The molecule has 0 bridgehead atoms. The number of nitrogens with zero attached hydrogens (tertiary/aromatic N) is 2. The summed E-state index contributed by atoms with van der Waals surface area (Å²) in [7, 11) is 0. The van der Waals surface area contributed by atoms with E-state index in [9.17, 15) is 9.90 Å². The molecule has 0 amide bonds. The van der Waals surface area contributed by atoms with Crippen LogP contribution in [0.25, 0.3) is 0 Å². The third-order valence-electron chi connectivity index (χ3n) is 2.94. The summed E-state index contributed by atoms with van der Waals surface area (Å²) in [5.74, 6) is -0.399. The second-order valence-corrected chi connectivity index (χ2v) is 4.47. The molecule has 1 unspecified atom stereocenters. The minimum Gasteiger partial charge on any atom is -0.494 e. The van der Waals surface area contributed by atoms with Crippen molar-refractivity contribution in [1.29, 1.82) is 5.26 Å². The van der Waals surface area contributed by atoms with Crippen LogP contribution in [0.1, 0.15) is 24.2 Å². The number of benzene rings is 1. The number of rotatable bonds is 6. The lowest BCUT2D eigenvalue weighted by atomic mass is 10.1. The van der Waals surface area contributed by atoms with E-state index < -0.39 is 12.0 Å². The van der Waals surface area contributed by atoms with Crippen molar-refractivity contribution in [2.45, 2.75) is 13.0 Å². The minimum atomic E-state index is -1.02. The molecule has 6 heteroatoms. The van der Waals surface area contributed by atoms with E-state index in [1.54, 1.807) is 30.3 Å². The molecule has 2 aromatic rings.